The van der Waals surface area contributed by atoms with E-state index in [4.69, 9.17) is 4.79 Å². The summed E-state index contributed by atoms with van der Waals surface area (Å²) in [6, 6.07) is 29.7. The van der Waals surface area contributed by atoms with E-state index >= 15 is 0 Å². The number of carbonyl (C=O) groups is 1. The van der Waals surface area contributed by atoms with Crippen molar-refractivity contribution in [3.8, 4) is 0 Å². The molecule has 0 aliphatic rings. The highest BCUT2D eigenvalue weighted by Crippen LogP contribution is 2.28. The average Bonchev–Trinajstić information content (AvgIpc) is 2.81. The molecule has 4 nitrogen and oxygen atoms in total. The van der Waals surface area contributed by atoms with Crippen LogP contribution in [0.1, 0.15) is 22.3 Å². The summed E-state index contributed by atoms with van der Waals surface area (Å²) in [4.78, 5) is 8.02. The summed E-state index contributed by atoms with van der Waals surface area (Å²) >= 11 is 0. The lowest BCUT2D eigenvalue weighted by atomic mass is 10.0. The highest BCUT2D eigenvalue weighted by molar-refractivity contribution is 7.86. The van der Waals surface area contributed by atoms with Gasteiger partial charge in [0.25, 0.3) is 10.1 Å². The van der Waals surface area contributed by atoms with Crippen molar-refractivity contribution in [2.75, 3.05) is 0 Å². The average molecular weight is 447 g/mol. The largest absolute Gasteiger partial charge is 0.307 e. The van der Waals surface area contributed by atoms with Gasteiger partial charge >= 0.3 is 0 Å². The van der Waals surface area contributed by atoms with E-state index < -0.39 is 10.1 Å². The molecule has 0 bridgehead atoms. The molecule has 0 saturated heterocycles. The Balaban J connectivity index is 0.000000212. The lowest BCUT2D eigenvalue weighted by Gasteiger charge is -2.10. The van der Waals surface area contributed by atoms with Crippen LogP contribution >= 0.6 is 0 Å². The zero-order valence-corrected chi connectivity index (χ0v) is 18.9. The third-order valence-corrected chi connectivity index (χ3v) is 5.88. The fraction of sp³-hybridized carbons (Fsp3) is 0.0741. The molecule has 0 heterocycles. The van der Waals surface area contributed by atoms with E-state index in [-0.39, 0.29) is 4.90 Å². The summed E-state index contributed by atoms with van der Waals surface area (Å²) in [6.45, 7) is 5.53. The van der Waals surface area contributed by atoms with Crippen LogP contribution in [0, 0.1) is 13.8 Å². The van der Waals surface area contributed by atoms with Gasteiger partial charge in [0.2, 0.25) is 0 Å². The second kappa shape index (κ2) is 11.7. The van der Waals surface area contributed by atoms with Crippen molar-refractivity contribution in [2.45, 2.75) is 18.7 Å². The molecule has 4 aromatic rings. The van der Waals surface area contributed by atoms with Crippen LogP contribution in [-0.2, 0) is 14.9 Å². The number of benzene rings is 4. The van der Waals surface area contributed by atoms with Crippen molar-refractivity contribution >= 4 is 39.8 Å². The summed E-state index contributed by atoms with van der Waals surface area (Å²) < 4.78 is 32.0. The van der Waals surface area contributed by atoms with Gasteiger partial charge in [-0.1, -0.05) is 103 Å². The maximum Gasteiger partial charge on any atom is 0.295 e. The van der Waals surface area contributed by atoms with Crippen molar-refractivity contribution in [3.05, 3.63) is 113 Å². The summed E-state index contributed by atoms with van der Waals surface area (Å²) in [5.74, 6) is 0. The van der Waals surface area contributed by atoms with Crippen LogP contribution < -0.4 is 0 Å². The lowest BCUT2D eigenvalue weighted by molar-refractivity contribution is -0.0980. The summed E-state index contributed by atoms with van der Waals surface area (Å²) in [7, 11) is -4.18. The standard InChI is InChI=1S/C14H12.C12H12O3S.CH2O/c1-3-7-13(8-4-1)11-12-14-9-5-2-6-10-14;1-8-7-10-5-3-4-6-11(10)12(9(8)2)16(13,14)15;1-2/h1-12H;3-7H,1-2H3,(H,13,14,15);1H2. The fourth-order valence-corrected chi connectivity index (χ4v) is 4.22. The minimum atomic E-state index is -4.18. The maximum absolute atomic E-state index is 11.4. The Bertz CT molecular complexity index is 1240. The third-order valence-electron chi connectivity index (χ3n) is 4.83. The molecular formula is C27H26O4S. The maximum atomic E-state index is 11.4. The predicted octanol–water partition coefficient (Wildman–Crippen LogP) is 6.38. The number of hydrogen-bond acceptors (Lipinski definition) is 3. The molecule has 0 fully saturated rings. The molecule has 32 heavy (non-hydrogen) atoms. The van der Waals surface area contributed by atoms with Gasteiger partial charge in [-0.2, -0.15) is 8.42 Å². The second-order valence-electron chi connectivity index (χ2n) is 7.00. The molecule has 1 N–H and O–H groups in total. The van der Waals surface area contributed by atoms with E-state index in [1.165, 1.54) is 11.1 Å². The molecule has 4 aromatic carbocycles. The lowest BCUT2D eigenvalue weighted by Crippen LogP contribution is -2.03. The fourth-order valence-electron chi connectivity index (χ4n) is 3.21. The first-order chi connectivity index (χ1) is 15.4. The van der Waals surface area contributed by atoms with E-state index in [0.717, 1.165) is 10.9 Å². The minimum Gasteiger partial charge on any atom is -0.307 e. The number of fused-ring (bicyclic) bond motifs is 1. The SMILES string of the molecule is C(=Cc1ccccc1)c1ccccc1.C=O.Cc1cc2ccccc2c(S(=O)(=O)O)c1C. The molecular weight excluding hydrogens is 420 g/mol. The number of rotatable bonds is 3. The Morgan fingerprint density at radius 3 is 1.62 bits per heavy atom. The van der Waals surface area contributed by atoms with E-state index in [0.29, 0.717) is 10.9 Å². The predicted molar refractivity (Wildman–Crippen MR) is 132 cm³/mol. The zero-order valence-electron chi connectivity index (χ0n) is 18.1. The molecule has 0 saturated carbocycles. The third kappa shape index (κ3) is 6.74. The second-order valence-corrected chi connectivity index (χ2v) is 8.36. The van der Waals surface area contributed by atoms with Crippen LogP contribution in [-0.4, -0.2) is 19.8 Å². The van der Waals surface area contributed by atoms with Gasteiger partial charge in [-0.05, 0) is 41.5 Å². The van der Waals surface area contributed by atoms with Crippen molar-refractivity contribution in [3.63, 3.8) is 0 Å². The van der Waals surface area contributed by atoms with Gasteiger partial charge in [0, 0.05) is 5.39 Å². The number of aryl methyl sites for hydroxylation is 1. The van der Waals surface area contributed by atoms with Gasteiger partial charge < -0.3 is 4.79 Å². The van der Waals surface area contributed by atoms with E-state index in [1.807, 2.05) is 68.3 Å². The van der Waals surface area contributed by atoms with Crippen molar-refractivity contribution in [1.82, 2.24) is 0 Å². The van der Waals surface area contributed by atoms with Gasteiger partial charge in [-0.3, -0.25) is 4.55 Å². The Morgan fingerprint density at radius 1 is 0.719 bits per heavy atom. The number of hydrogen-bond donors (Lipinski definition) is 1. The molecule has 0 spiro atoms. The van der Waals surface area contributed by atoms with Crippen molar-refractivity contribution in [1.29, 1.82) is 0 Å². The van der Waals surface area contributed by atoms with E-state index in [9.17, 15) is 13.0 Å². The van der Waals surface area contributed by atoms with E-state index in [1.54, 1.807) is 19.1 Å². The van der Waals surface area contributed by atoms with Crippen LogP contribution in [0.5, 0.6) is 0 Å². The van der Waals surface area contributed by atoms with E-state index in [2.05, 4.69) is 36.4 Å². The highest BCUT2D eigenvalue weighted by Gasteiger charge is 2.18. The topological polar surface area (TPSA) is 71.4 Å². The Morgan fingerprint density at radius 2 is 1.16 bits per heavy atom. The molecule has 0 amide bonds. The quantitative estimate of drug-likeness (QED) is 0.293. The molecule has 5 heteroatoms. The monoisotopic (exact) mass is 446 g/mol. The number of carbonyl (C=O) groups excluding carboxylic acids is 1. The summed E-state index contributed by atoms with van der Waals surface area (Å²) in [5, 5.41) is 1.38. The summed E-state index contributed by atoms with van der Waals surface area (Å²) in [6.07, 6.45) is 4.24. The Kier molecular flexibility index (Phi) is 9.08. The normalized spacial score (nSPS) is 10.7. The molecule has 0 aliphatic carbocycles. The Labute approximate surface area is 189 Å². The van der Waals surface area contributed by atoms with Gasteiger partial charge in [0.05, 0.1) is 0 Å². The van der Waals surface area contributed by atoms with Crippen LogP contribution in [0.3, 0.4) is 0 Å². The molecule has 164 valence electrons. The van der Waals surface area contributed by atoms with Crippen LogP contribution in [0.4, 0.5) is 0 Å². The van der Waals surface area contributed by atoms with Crippen LogP contribution in [0.15, 0.2) is 95.9 Å². The van der Waals surface area contributed by atoms with Crippen molar-refractivity contribution < 1.29 is 17.8 Å². The van der Waals surface area contributed by atoms with Crippen LogP contribution in [0.2, 0.25) is 0 Å². The molecule has 4 rings (SSSR count). The molecule has 0 atom stereocenters. The first-order valence-electron chi connectivity index (χ1n) is 9.90. The van der Waals surface area contributed by atoms with Gasteiger partial charge in [0.15, 0.2) is 0 Å². The highest BCUT2D eigenvalue weighted by atomic mass is 32.2. The van der Waals surface area contributed by atoms with Crippen molar-refractivity contribution in [2.24, 2.45) is 0 Å². The smallest absolute Gasteiger partial charge is 0.295 e. The van der Waals surface area contributed by atoms with Gasteiger partial charge in [-0.25, -0.2) is 0 Å². The zero-order chi connectivity index (χ0) is 23.6. The molecule has 0 radical (unpaired) electrons. The minimum absolute atomic E-state index is 0.0168. The van der Waals surface area contributed by atoms with Gasteiger partial charge in [0.1, 0.15) is 11.7 Å². The van der Waals surface area contributed by atoms with Crippen LogP contribution in [0.25, 0.3) is 22.9 Å². The summed E-state index contributed by atoms with van der Waals surface area (Å²) in [5.41, 5.74) is 3.92. The molecule has 0 aliphatic heterocycles. The first kappa shape index (κ1) is 24.7. The molecule has 0 aromatic heterocycles. The van der Waals surface area contributed by atoms with Gasteiger partial charge in [-0.15, -0.1) is 0 Å². The first-order valence-corrected chi connectivity index (χ1v) is 11.3. The Hall–Kier alpha value is -3.54. The molecule has 0 unspecified atom stereocenters.